The predicted octanol–water partition coefficient (Wildman–Crippen LogP) is 1.84. The molecule has 0 fully saturated rings. The van der Waals surface area contributed by atoms with Gasteiger partial charge in [0.05, 0.1) is 24.2 Å². The van der Waals surface area contributed by atoms with Crippen LogP contribution in [0.15, 0.2) is 23.1 Å². The summed E-state index contributed by atoms with van der Waals surface area (Å²) in [7, 11) is -2.42. The molecule has 1 aromatic heterocycles. The van der Waals surface area contributed by atoms with Crippen molar-refractivity contribution in [2.75, 3.05) is 32.2 Å². The number of benzene rings is 1. The van der Waals surface area contributed by atoms with Crippen molar-refractivity contribution in [1.82, 2.24) is 9.29 Å². The molecular weight excluding hydrogens is 394 g/mol. The summed E-state index contributed by atoms with van der Waals surface area (Å²) in [5.41, 5.74) is 0.792. The maximum atomic E-state index is 13.0. The van der Waals surface area contributed by atoms with Gasteiger partial charge in [0.15, 0.2) is 16.6 Å². The van der Waals surface area contributed by atoms with Gasteiger partial charge in [-0.25, -0.2) is 18.2 Å². The third kappa shape index (κ3) is 3.45. The van der Waals surface area contributed by atoms with Gasteiger partial charge in [0.25, 0.3) is 0 Å². The number of fused-ring (bicyclic) bond motifs is 2. The molecule has 3 heterocycles. The van der Waals surface area contributed by atoms with Crippen molar-refractivity contribution >= 4 is 32.6 Å². The van der Waals surface area contributed by atoms with E-state index in [9.17, 15) is 13.2 Å². The van der Waals surface area contributed by atoms with E-state index in [0.717, 1.165) is 10.6 Å². The van der Waals surface area contributed by atoms with Crippen LogP contribution >= 0.6 is 11.3 Å². The second kappa shape index (κ2) is 6.98. The smallest absolute Gasteiger partial charge is 0.413 e. The second-order valence-electron chi connectivity index (χ2n) is 5.90. The lowest BCUT2D eigenvalue weighted by Gasteiger charge is -2.26. The van der Waals surface area contributed by atoms with Crippen LogP contribution in [0.3, 0.4) is 0 Å². The van der Waals surface area contributed by atoms with Gasteiger partial charge >= 0.3 is 6.09 Å². The lowest BCUT2D eigenvalue weighted by molar-refractivity contribution is 0.171. The average molecular weight is 411 g/mol. The zero-order valence-corrected chi connectivity index (χ0v) is 16.1. The minimum Gasteiger partial charge on any atom is -0.486 e. The van der Waals surface area contributed by atoms with Crippen LogP contribution in [-0.2, 0) is 27.7 Å². The Balaban J connectivity index is 1.56. The minimum absolute atomic E-state index is 0.160. The van der Waals surface area contributed by atoms with Crippen LogP contribution in [0.4, 0.5) is 9.93 Å². The average Bonchev–Trinajstić information content (AvgIpc) is 3.08. The first-order valence-electron chi connectivity index (χ1n) is 8.21. The van der Waals surface area contributed by atoms with E-state index in [0.29, 0.717) is 42.8 Å². The molecule has 4 rings (SSSR count). The molecule has 0 bridgehead atoms. The molecule has 0 unspecified atom stereocenters. The molecule has 2 aromatic rings. The van der Waals surface area contributed by atoms with Crippen LogP contribution in [0.5, 0.6) is 11.5 Å². The lowest BCUT2D eigenvalue weighted by atomic mass is 10.2. The van der Waals surface area contributed by atoms with Crippen LogP contribution in [0, 0.1) is 0 Å². The third-order valence-electron chi connectivity index (χ3n) is 4.24. The van der Waals surface area contributed by atoms with Gasteiger partial charge in [-0.05, 0) is 12.1 Å². The first-order valence-corrected chi connectivity index (χ1v) is 10.5. The molecule has 144 valence electrons. The molecule has 0 radical (unpaired) electrons. The van der Waals surface area contributed by atoms with Gasteiger partial charge in [0.1, 0.15) is 13.2 Å². The van der Waals surface area contributed by atoms with E-state index in [1.165, 1.54) is 34.9 Å². The Bertz CT molecular complexity index is 988. The zero-order chi connectivity index (χ0) is 19.0. The molecule has 0 saturated carbocycles. The fourth-order valence-corrected chi connectivity index (χ4v) is 5.42. The monoisotopic (exact) mass is 411 g/mol. The van der Waals surface area contributed by atoms with E-state index in [1.54, 1.807) is 6.07 Å². The number of carbonyl (C=O) groups is 1. The summed E-state index contributed by atoms with van der Waals surface area (Å²) in [6, 6.07) is 4.63. The summed E-state index contributed by atoms with van der Waals surface area (Å²) in [6.07, 6.45) is -0.139. The van der Waals surface area contributed by atoms with Crippen LogP contribution < -0.4 is 14.8 Å². The van der Waals surface area contributed by atoms with Gasteiger partial charge in [-0.2, -0.15) is 4.31 Å². The minimum atomic E-state index is -3.69. The van der Waals surface area contributed by atoms with Gasteiger partial charge in [-0.3, -0.25) is 5.32 Å². The third-order valence-corrected chi connectivity index (χ3v) is 7.08. The molecule has 2 aliphatic heterocycles. The molecular formula is C16H17N3O6S2. The van der Waals surface area contributed by atoms with Crippen molar-refractivity contribution in [1.29, 1.82) is 0 Å². The number of carbonyl (C=O) groups excluding carboxylic acids is 1. The van der Waals surface area contributed by atoms with Crippen LogP contribution in [-0.4, -0.2) is 50.7 Å². The normalized spacial score (nSPS) is 16.5. The highest BCUT2D eigenvalue weighted by molar-refractivity contribution is 7.89. The Morgan fingerprint density at radius 1 is 1.30 bits per heavy atom. The van der Waals surface area contributed by atoms with Crippen molar-refractivity contribution in [3.63, 3.8) is 0 Å². The molecule has 0 spiro atoms. The van der Waals surface area contributed by atoms with E-state index in [2.05, 4.69) is 15.0 Å². The quantitative estimate of drug-likeness (QED) is 0.821. The number of anilines is 1. The van der Waals surface area contributed by atoms with Crippen molar-refractivity contribution < 1.29 is 27.4 Å². The van der Waals surface area contributed by atoms with E-state index in [1.807, 2.05) is 0 Å². The van der Waals surface area contributed by atoms with Gasteiger partial charge in [0, 0.05) is 23.9 Å². The number of nitrogens with one attached hydrogen (secondary N) is 1. The SMILES string of the molecule is COC(=O)Nc1nc2c(s1)CN(S(=O)(=O)c1ccc3c(c1)OCCO3)CC2. The Labute approximate surface area is 159 Å². The van der Waals surface area contributed by atoms with Crippen LogP contribution in [0.25, 0.3) is 0 Å². The molecule has 1 aromatic carbocycles. The summed E-state index contributed by atoms with van der Waals surface area (Å²) < 4.78 is 43.0. The van der Waals surface area contributed by atoms with E-state index < -0.39 is 16.1 Å². The standard InChI is InChI=1S/C16H17N3O6S2/c1-23-16(20)18-15-17-11-4-5-19(9-14(11)26-15)27(21,22)10-2-3-12-13(8-10)25-7-6-24-12/h2-3,8H,4-7,9H2,1H3,(H,17,18,20). The van der Waals surface area contributed by atoms with Crippen molar-refractivity contribution in [3.8, 4) is 11.5 Å². The van der Waals surface area contributed by atoms with Crippen LogP contribution in [0.2, 0.25) is 0 Å². The number of methoxy groups -OCH3 is 1. The fourth-order valence-electron chi connectivity index (χ4n) is 2.90. The second-order valence-corrected chi connectivity index (χ2v) is 8.92. The number of rotatable bonds is 3. The molecule has 9 nitrogen and oxygen atoms in total. The summed E-state index contributed by atoms with van der Waals surface area (Å²) in [5, 5.41) is 2.91. The van der Waals surface area contributed by atoms with Gasteiger partial charge in [-0.1, -0.05) is 11.3 Å². The molecule has 1 N–H and O–H groups in total. The highest BCUT2D eigenvalue weighted by Crippen LogP contribution is 2.35. The highest BCUT2D eigenvalue weighted by Gasteiger charge is 2.31. The number of amides is 1. The topological polar surface area (TPSA) is 107 Å². The summed E-state index contributed by atoms with van der Waals surface area (Å²) in [5.74, 6) is 0.976. The predicted molar refractivity (Wildman–Crippen MR) is 96.9 cm³/mol. The first kappa shape index (κ1) is 18.0. The number of sulfonamides is 1. The highest BCUT2D eigenvalue weighted by atomic mass is 32.2. The molecule has 1 amide bonds. The zero-order valence-electron chi connectivity index (χ0n) is 14.4. The molecule has 27 heavy (non-hydrogen) atoms. The van der Waals surface area contributed by atoms with Crippen molar-refractivity contribution in [2.45, 2.75) is 17.9 Å². The Morgan fingerprint density at radius 2 is 2.07 bits per heavy atom. The lowest BCUT2D eigenvalue weighted by Crippen LogP contribution is -2.35. The van der Waals surface area contributed by atoms with Crippen molar-refractivity contribution in [3.05, 3.63) is 28.8 Å². The Hall–Kier alpha value is -2.37. The van der Waals surface area contributed by atoms with Gasteiger partial charge in [0.2, 0.25) is 10.0 Å². The molecule has 0 aliphatic carbocycles. The van der Waals surface area contributed by atoms with E-state index in [-0.39, 0.29) is 11.4 Å². The van der Waals surface area contributed by atoms with Gasteiger partial charge < -0.3 is 14.2 Å². The first-order chi connectivity index (χ1) is 13.0. The number of hydrogen-bond acceptors (Lipinski definition) is 8. The molecule has 11 heteroatoms. The maximum Gasteiger partial charge on any atom is 0.413 e. The number of ether oxygens (including phenoxy) is 3. The summed E-state index contributed by atoms with van der Waals surface area (Å²) in [4.78, 5) is 16.6. The number of thiazole rings is 1. The maximum absolute atomic E-state index is 13.0. The fraction of sp³-hybridized carbons (Fsp3) is 0.375. The van der Waals surface area contributed by atoms with Gasteiger partial charge in [-0.15, -0.1) is 0 Å². The Kier molecular flexibility index (Phi) is 4.66. The summed E-state index contributed by atoms with van der Waals surface area (Å²) in [6.45, 7) is 1.35. The largest absolute Gasteiger partial charge is 0.486 e. The number of nitrogens with zero attached hydrogens (tertiary/aromatic N) is 2. The molecule has 0 saturated heterocycles. The van der Waals surface area contributed by atoms with Crippen molar-refractivity contribution in [2.24, 2.45) is 0 Å². The van der Waals surface area contributed by atoms with E-state index >= 15 is 0 Å². The molecule has 0 atom stereocenters. The summed E-state index contributed by atoms with van der Waals surface area (Å²) >= 11 is 1.24. The molecule has 2 aliphatic rings. The number of aromatic nitrogens is 1. The van der Waals surface area contributed by atoms with E-state index in [4.69, 9.17) is 9.47 Å². The number of hydrogen-bond donors (Lipinski definition) is 1. The van der Waals surface area contributed by atoms with Crippen LogP contribution in [0.1, 0.15) is 10.6 Å². The Morgan fingerprint density at radius 3 is 2.85 bits per heavy atom.